The topological polar surface area (TPSA) is 101 Å². The smallest absolute Gasteiger partial charge is 0.191 e. The van der Waals surface area contributed by atoms with Crippen LogP contribution in [0.1, 0.15) is 17.4 Å². The van der Waals surface area contributed by atoms with Crippen molar-refractivity contribution < 1.29 is 5.11 Å². The van der Waals surface area contributed by atoms with Crippen molar-refractivity contribution >= 4 is 0 Å². The highest BCUT2D eigenvalue weighted by molar-refractivity contribution is 5.26. The molecule has 78 valence electrons. The fourth-order valence-corrected chi connectivity index (χ4v) is 1.30. The number of H-pyrrole nitrogens is 1. The SMILES string of the molecule is N[C@@H](Cc1ccc(O)cc1)c1nn[nH]n1. The molecule has 2 aromatic rings. The molecule has 0 fully saturated rings. The van der Waals surface area contributed by atoms with E-state index in [1.807, 2.05) is 12.1 Å². The van der Waals surface area contributed by atoms with Crippen molar-refractivity contribution in [3.05, 3.63) is 35.7 Å². The third-order valence-electron chi connectivity index (χ3n) is 2.09. The zero-order valence-corrected chi connectivity index (χ0v) is 7.96. The predicted octanol–water partition coefficient (Wildman–Crippen LogP) is 0.148. The van der Waals surface area contributed by atoms with Gasteiger partial charge >= 0.3 is 0 Å². The number of aromatic nitrogens is 4. The fourth-order valence-electron chi connectivity index (χ4n) is 1.30. The molecule has 0 saturated carbocycles. The van der Waals surface area contributed by atoms with Crippen LogP contribution in [-0.4, -0.2) is 25.7 Å². The molecule has 0 aliphatic rings. The summed E-state index contributed by atoms with van der Waals surface area (Å²) in [6.45, 7) is 0. The standard InChI is InChI=1S/C9H11N5O/c10-8(9-11-13-14-12-9)5-6-1-3-7(15)4-2-6/h1-4,8,15H,5,10H2,(H,11,12,13,14)/t8-/m0/s1. The molecule has 0 spiro atoms. The number of aromatic amines is 1. The fraction of sp³-hybridized carbons (Fsp3) is 0.222. The first kappa shape index (κ1) is 9.60. The number of benzene rings is 1. The molecule has 1 aromatic carbocycles. The van der Waals surface area contributed by atoms with Gasteiger partial charge in [0.2, 0.25) is 0 Å². The summed E-state index contributed by atoms with van der Waals surface area (Å²) in [6.07, 6.45) is 0.611. The van der Waals surface area contributed by atoms with E-state index >= 15 is 0 Å². The van der Waals surface area contributed by atoms with Gasteiger partial charge in [0.25, 0.3) is 0 Å². The van der Waals surface area contributed by atoms with Gasteiger partial charge in [0.05, 0.1) is 6.04 Å². The van der Waals surface area contributed by atoms with Crippen LogP contribution in [0.5, 0.6) is 5.75 Å². The molecule has 2 rings (SSSR count). The van der Waals surface area contributed by atoms with E-state index < -0.39 is 0 Å². The molecule has 1 heterocycles. The highest BCUT2D eigenvalue weighted by Crippen LogP contribution is 2.14. The zero-order valence-electron chi connectivity index (χ0n) is 7.96. The van der Waals surface area contributed by atoms with Gasteiger partial charge in [-0.3, -0.25) is 0 Å². The third kappa shape index (κ3) is 2.29. The zero-order chi connectivity index (χ0) is 10.7. The number of phenolic OH excluding ortho intramolecular Hbond substituents is 1. The molecule has 15 heavy (non-hydrogen) atoms. The van der Waals surface area contributed by atoms with E-state index in [1.54, 1.807) is 12.1 Å². The second-order valence-corrected chi connectivity index (χ2v) is 3.25. The predicted molar refractivity (Wildman–Crippen MR) is 52.9 cm³/mol. The van der Waals surface area contributed by atoms with E-state index in [9.17, 15) is 0 Å². The van der Waals surface area contributed by atoms with Gasteiger partial charge in [-0.15, -0.1) is 10.2 Å². The Morgan fingerprint density at radius 2 is 2.07 bits per heavy atom. The molecule has 0 aliphatic heterocycles. The van der Waals surface area contributed by atoms with Crippen LogP contribution in [0.3, 0.4) is 0 Å². The summed E-state index contributed by atoms with van der Waals surface area (Å²) < 4.78 is 0. The molecule has 0 saturated heterocycles. The minimum atomic E-state index is -0.284. The van der Waals surface area contributed by atoms with Crippen LogP contribution >= 0.6 is 0 Å². The highest BCUT2D eigenvalue weighted by Gasteiger charge is 2.11. The number of nitrogens with zero attached hydrogens (tertiary/aromatic N) is 3. The summed E-state index contributed by atoms with van der Waals surface area (Å²) in [5, 5.41) is 22.5. The first-order chi connectivity index (χ1) is 7.25. The van der Waals surface area contributed by atoms with Gasteiger partial charge in [0.15, 0.2) is 5.82 Å². The van der Waals surface area contributed by atoms with Gasteiger partial charge in [-0.1, -0.05) is 17.3 Å². The summed E-state index contributed by atoms with van der Waals surface area (Å²) in [4.78, 5) is 0. The van der Waals surface area contributed by atoms with Crippen molar-refractivity contribution in [1.29, 1.82) is 0 Å². The Labute approximate surface area is 86.1 Å². The molecule has 0 unspecified atom stereocenters. The van der Waals surface area contributed by atoms with Gasteiger partial charge in [0.1, 0.15) is 5.75 Å². The van der Waals surface area contributed by atoms with Crippen LogP contribution in [0.15, 0.2) is 24.3 Å². The number of nitrogens with two attached hydrogens (primary N) is 1. The Balaban J connectivity index is 2.06. The first-order valence-electron chi connectivity index (χ1n) is 4.52. The molecule has 0 radical (unpaired) electrons. The van der Waals surface area contributed by atoms with Gasteiger partial charge in [-0.25, -0.2) is 0 Å². The van der Waals surface area contributed by atoms with E-state index in [1.165, 1.54) is 0 Å². The summed E-state index contributed by atoms with van der Waals surface area (Å²) in [5.41, 5.74) is 6.88. The van der Waals surface area contributed by atoms with E-state index in [-0.39, 0.29) is 11.8 Å². The summed E-state index contributed by atoms with van der Waals surface area (Å²) in [6, 6.07) is 6.59. The maximum atomic E-state index is 9.10. The van der Waals surface area contributed by atoms with Crippen molar-refractivity contribution in [2.45, 2.75) is 12.5 Å². The molecule has 0 amide bonds. The van der Waals surface area contributed by atoms with Crippen molar-refractivity contribution in [2.24, 2.45) is 5.73 Å². The summed E-state index contributed by atoms with van der Waals surface area (Å²) >= 11 is 0. The largest absolute Gasteiger partial charge is 0.508 e. The third-order valence-corrected chi connectivity index (χ3v) is 2.09. The summed E-state index contributed by atoms with van der Waals surface area (Å²) in [7, 11) is 0. The molecule has 4 N–H and O–H groups in total. The molecule has 6 nitrogen and oxygen atoms in total. The molecule has 0 bridgehead atoms. The molecule has 0 aliphatic carbocycles. The maximum absolute atomic E-state index is 9.10. The lowest BCUT2D eigenvalue weighted by atomic mass is 10.1. The molecule has 1 atom stereocenters. The first-order valence-corrected chi connectivity index (χ1v) is 4.52. The molecular weight excluding hydrogens is 194 g/mol. The van der Waals surface area contributed by atoms with Crippen LogP contribution in [0, 0.1) is 0 Å². The Bertz CT molecular complexity index is 411. The Morgan fingerprint density at radius 1 is 1.33 bits per heavy atom. The number of aromatic hydroxyl groups is 1. The van der Waals surface area contributed by atoms with Crippen LogP contribution in [-0.2, 0) is 6.42 Å². The van der Waals surface area contributed by atoms with Gasteiger partial charge in [-0.05, 0) is 24.1 Å². The average molecular weight is 205 g/mol. The van der Waals surface area contributed by atoms with Gasteiger partial charge in [-0.2, -0.15) is 5.21 Å². The average Bonchev–Trinajstić information content (AvgIpc) is 2.74. The number of phenols is 1. The van der Waals surface area contributed by atoms with Crippen LogP contribution in [0.25, 0.3) is 0 Å². The van der Waals surface area contributed by atoms with Gasteiger partial charge in [0, 0.05) is 0 Å². The van der Waals surface area contributed by atoms with Crippen LogP contribution in [0.4, 0.5) is 0 Å². The number of tetrazole rings is 1. The van der Waals surface area contributed by atoms with E-state index in [4.69, 9.17) is 10.8 Å². The quantitative estimate of drug-likeness (QED) is 0.662. The second kappa shape index (κ2) is 4.05. The normalized spacial score (nSPS) is 12.6. The van der Waals surface area contributed by atoms with E-state index in [2.05, 4.69) is 20.6 Å². The van der Waals surface area contributed by atoms with Crippen molar-refractivity contribution in [1.82, 2.24) is 20.6 Å². The van der Waals surface area contributed by atoms with Crippen molar-refractivity contribution in [3.63, 3.8) is 0 Å². The lowest BCUT2D eigenvalue weighted by molar-refractivity contribution is 0.475. The Hall–Kier alpha value is -1.95. The molecular formula is C9H11N5O. The van der Waals surface area contributed by atoms with E-state index in [0.717, 1.165) is 5.56 Å². The lowest BCUT2D eigenvalue weighted by Gasteiger charge is -2.06. The Morgan fingerprint density at radius 3 is 2.67 bits per heavy atom. The number of hydrogen-bond acceptors (Lipinski definition) is 5. The second-order valence-electron chi connectivity index (χ2n) is 3.25. The minimum Gasteiger partial charge on any atom is -0.508 e. The van der Waals surface area contributed by atoms with Crippen molar-refractivity contribution in [2.75, 3.05) is 0 Å². The van der Waals surface area contributed by atoms with Crippen LogP contribution in [0.2, 0.25) is 0 Å². The minimum absolute atomic E-state index is 0.242. The monoisotopic (exact) mass is 205 g/mol. The lowest BCUT2D eigenvalue weighted by Crippen LogP contribution is -2.15. The van der Waals surface area contributed by atoms with E-state index in [0.29, 0.717) is 12.2 Å². The van der Waals surface area contributed by atoms with Crippen LogP contribution < -0.4 is 5.73 Å². The number of hydrogen-bond donors (Lipinski definition) is 3. The molecule has 1 aromatic heterocycles. The Kier molecular flexibility index (Phi) is 2.59. The van der Waals surface area contributed by atoms with Crippen molar-refractivity contribution in [3.8, 4) is 5.75 Å². The number of rotatable bonds is 3. The maximum Gasteiger partial charge on any atom is 0.191 e. The summed E-state index contributed by atoms with van der Waals surface area (Å²) in [5.74, 6) is 0.731. The number of nitrogens with one attached hydrogen (secondary N) is 1. The van der Waals surface area contributed by atoms with Gasteiger partial charge < -0.3 is 10.8 Å². The highest BCUT2D eigenvalue weighted by atomic mass is 16.3. The molecule has 6 heteroatoms.